The number of hydrogen-bond acceptors (Lipinski definition) is 2. The zero-order valence-electron chi connectivity index (χ0n) is 13.6. The van der Waals surface area contributed by atoms with Crippen molar-refractivity contribution in [1.82, 2.24) is 4.90 Å². The summed E-state index contributed by atoms with van der Waals surface area (Å²) in [6.45, 7) is 7.12. The monoisotopic (exact) mass is 295 g/mol. The first-order valence-corrected chi connectivity index (χ1v) is 9.01. The molecule has 0 radical (unpaired) electrons. The van der Waals surface area contributed by atoms with Crippen molar-refractivity contribution in [3.05, 3.63) is 35.1 Å². The van der Waals surface area contributed by atoms with Crippen LogP contribution in [-0.2, 0) is 6.42 Å². The van der Waals surface area contributed by atoms with Crippen LogP contribution in [0.5, 0.6) is 0 Å². The number of furan rings is 1. The molecular weight excluding hydrogens is 270 g/mol. The third-order valence-corrected chi connectivity index (χ3v) is 6.59. The molecule has 4 bridgehead atoms. The van der Waals surface area contributed by atoms with E-state index in [1.807, 2.05) is 0 Å². The van der Waals surface area contributed by atoms with Crippen LogP contribution in [0.25, 0.3) is 11.0 Å². The van der Waals surface area contributed by atoms with E-state index in [1.54, 1.807) is 0 Å². The van der Waals surface area contributed by atoms with Crippen molar-refractivity contribution in [2.45, 2.75) is 51.5 Å². The van der Waals surface area contributed by atoms with Gasteiger partial charge in [0.25, 0.3) is 0 Å². The van der Waals surface area contributed by atoms with E-state index < -0.39 is 0 Å². The van der Waals surface area contributed by atoms with Gasteiger partial charge in [-0.1, -0.05) is 31.5 Å². The lowest BCUT2D eigenvalue weighted by Crippen LogP contribution is -2.56. The first-order chi connectivity index (χ1) is 10.8. The fourth-order valence-electron chi connectivity index (χ4n) is 5.70. The van der Waals surface area contributed by atoms with Crippen LogP contribution in [0.3, 0.4) is 0 Å². The maximum absolute atomic E-state index is 6.51. The molecule has 0 amide bonds. The van der Waals surface area contributed by atoms with Crippen LogP contribution in [-0.4, -0.2) is 24.0 Å². The van der Waals surface area contributed by atoms with E-state index in [2.05, 4.69) is 36.9 Å². The number of fused-ring (bicyclic) bond motifs is 4. The van der Waals surface area contributed by atoms with Crippen molar-refractivity contribution in [2.24, 2.45) is 11.8 Å². The van der Waals surface area contributed by atoms with Gasteiger partial charge in [0.05, 0.1) is 0 Å². The predicted molar refractivity (Wildman–Crippen MR) is 89.3 cm³/mol. The minimum atomic E-state index is 0.641. The van der Waals surface area contributed by atoms with Gasteiger partial charge in [-0.25, -0.2) is 0 Å². The van der Waals surface area contributed by atoms with Gasteiger partial charge < -0.3 is 4.42 Å². The molecule has 1 aliphatic carbocycles. The van der Waals surface area contributed by atoms with Crippen LogP contribution in [0.4, 0.5) is 0 Å². The summed E-state index contributed by atoms with van der Waals surface area (Å²) >= 11 is 0. The van der Waals surface area contributed by atoms with Gasteiger partial charge in [-0.15, -0.1) is 0 Å². The third kappa shape index (κ3) is 1.65. The standard InChI is InChI=1S/C20H25NO/c1-3-14-9-13-10-17-18(14)21(11-13)8-7-16-15-6-4-5-12(2)19(15)22-20(16)17/h4-6,13-14,17-18H,3,7-11H2,1-2H3. The van der Waals surface area contributed by atoms with Crippen molar-refractivity contribution in [3.63, 3.8) is 0 Å². The van der Waals surface area contributed by atoms with Crippen molar-refractivity contribution in [2.75, 3.05) is 13.1 Å². The van der Waals surface area contributed by atoms with E-state index in [4.69, 9.17) is 4.42 Å². The number of benzene rings is 1. The highest BCUT2D eigenvalue weighted by atomic mass is 16.3. The Morgan fingerprint density at radius 2 is 2.18 bits per heavy atom. The molecule has 3 fully saturated rings. The Bertz CT molecular complexity index is 731. The van der Waals surface area contributed by atoms with Crippen LogP contribution < -0.4 is 0 Å². The SMILES string of the molecule is CCC1CC2CC3c4oc5c(C)cccc5c4CCN(C2)C13. The maximum atomic E-state index is 6.51. The second kappa shape index (κ2) is 4.61. The Labute approximate surface area is 132 Å². The molecule has 1 saturated carbocycles. The summed E-state index contributed by atoms with van der Waals surface area (Å²) in [6.07, 6.45) is 5.29. The molecule has 2 saturated heterocycles. The topological polar surface area (TPSA) is 16.4 Å². The predicted octanol–water partition coefficient (Wildman–Crippen LogP) is 4.50. The summed E-state index contributed by atoms with van der Waals surface area (Å²) in [5, 5.41) is 1.38. The first kappa shape index (κ1) is 13.2. The van der Waals surface area contributed by atoms with Crippen molar-refractivity contribution in [3.8, 4) is 0 Å². The van der Waals surface area contributed by atoms with Crippen molar-refractivity contribution >= 4 is 11.0 Å². The fourth-order valence-corrected chi connectivity index (χ4v) is 5.70. The lowest BCUT2D eigenvalue weighted by atomic mass is 9.65. The highest BCUT2D eigenvalue weighted by Gasteiger charge is 2.49. The number of piperidine rings is 2. The van der Waals surface area contributed by atoms with Gasteiger partial charge in [0.1, 0.15) is 11.3 Å². The summed E-state index contributed by atoms with van der Waals surface area (Å²) in [4.78, 5) is 2.80. The van der Waals surface area contributed by atoms with Crippen LogP contribution in [0, 0.1) is 18.8 Å². The molecule has 5 atom stereocenters. The number of hydrogen-bond donors (Lipinski definition) is 0. The third-order valence-electron chi connectivity index (χ3n) is 6.59. The zero-order valence-corrected chi connectivity index (χ0v) is 13.6. The Kier molecular flexibility index (Phi) is 2.76. The van der Waals surface area contributed by atoms with E-state index in [0.717, 1.165) is 23.5 Å². The molecule has 22 heavy (non-hydrogen) atoms. The van der Waals surface area contributed by atoms with Gasteiger partial charge in [-0.05, 0) is 43.6 Å². The van der Waals surface area contributed by atoms with Crippen LogP contribution in [0.2, 0.25) is 0 Å². The normalized spacial score (nSPS) is 36.4. The molecule has 2 heteroatoms. The molecule has 0 N–H and O–H groups in total. The molecule has 0 spiro atoms. The molecular formula is C20H25NO. The van der Waals surface area contributed by atoms with E-state index in [-0.39, 0.29) is 0 Å². The van der Waals surface area contributed by atoms with Gasteiger partial charge in [-0.3, -0.25) is 4.90 Å². The second-order valence-corrected chi connectivity index (χ2v) is 7.74. The minimum absolute atomic E-state index is 0.641. The van der Waals surface area contributed by atoms with E-state index in [9.17, 15) is 0 Å². The summed E-state index contributed by atoms with van der Waals surface area (Å²) in [5.41, 5.74) is 3.96. The lowest BCUT2D eigenvalue weighted by Gasteiger charge is -2.52. The Balaban J connectivity index is 1.70. The summed E-state index contributed by atoms with van der Waals surface area (Å²) in [7, 11) is 0. The number of aryl methyl sites for hydroxylation is 1. The summed E-state index contributed by atoms with van der Waals surface area (Å²) < 4.78 is 6.51. The maximum Gasteiger partial charge on any atom is 0.137 e. The number of nitrogens with zero attached hydrogens (tertiary/aromatic N) is 1. The quantitative estimate of drug-likeness (QED) is 0.770. The van der Waals surface area contributed by atoms with E-state index >= 15 is 0 Å². The molecule has 2 nitrogen and oxygen atoms in total. The molecule has 5 unspecified atom stereocenters. The number of rotatable bonds is 1. The number of para-hydroxylation sites is 1. The Morgan fingerprint density at radius 3 is 3.05 bits per heavy atom. The molecule has 6 rings (SSSR count). The van der Waals surface area contributed by atoms with Crippen LogP contribution >= 0.6 is 0 Å². The zero-order chi connectivity index (χ0) is 14.8. The average molecular weight is 295 g/mol. The smallest absolute Gasteiger partial charge is 0.137 e. The fraction of sp³-hybridized carbons (Fsp3) is 0.600. The van der Waals surface area contributed by atoms with E-state index in [0.29, 0.717) is 5.92 Å². The van der Waals surface area contributed by atoms with Crippen LogP contribution in [0.15, 0.2) is 22.6 Å². The van der Waals surface area contributed by atoms with Crippen LogP contribution in [0.1, 0.15) is 49.0 Å². The molecule has 1 aromatic heterocycles. The second-order valence-electron chi connectivity index (χ2n) is 7.74. The Morgan fingerprint density at radius 1 is 1.27 bits per heavy atom. The van der Waals surface area contributed by atoms with E-state index in [1.165, 1.54) is 61.0 Å². The molecule has 2 aromatic rings. The highest BCUT2D eigenvalue weighted by Crippen LogP contribution is 2.51. The molecule has 3 aliphatic heterocycles. The van der Waals surface area contributed by atoms with Gasteiger partial charge in [-0.2, -0.15) is 0 Å². The Hall–Kier alpha value is -1.28. The molecule has 4 aliphatic rings. The molecule has 116 valence electrons. The van der Waals surface area contributed by atoms with Gasteiger partial charge in [0, 0.05) is 36.0 Å². The molecule has 4 heterocycles. The van der Waals surface area contributed by atoms with Crippen molar-refractivity contribution < 1.29 is 4.42 Å². The lowest BCUT2D eigenvalue weighted by molar-refractivity contribution is -0.0169. The first-order valence-electron chi connectivity index (χ1n) is 9.01. The van der Waals surface area contributed by atoms with Gasteiger partial charge >= 0.3 is 0 Å². The molecule has 1 aromatic carbocycles. The average Bonchev–Trinajstić information content (AvgIpc) is 2.87. The highest BCUT2D eigenvalue weighted by molar-refractivity contribution is 5.85. The van der Waals surface area contributed by atoms with Crippen molar-refractivity contribution in [1.29, 1.82) is 0 Å². The van der Waals surface area contributed by atoms with Gasteiger partial charge in [0.15, 0.2) is 0 Å². The largest absolute Gasteiger partial charge is 0.460 e. The van der Waals surface area contributed by atoms with Gasteiger partial charge in [0.2, 0.25) is 0 Å². The minimum Gasteiger partial charge on any atom is -0.460 e. The summed E-state index contributed by atoms with van der Waals surface area (Å²) in [6, 6.07) is 7.37. The summed E-state index contributed by atoms with van der Waals surface area (Å²) in [5.74, 6) is 3.75.